The summed E-state index contributed by atoms with van der Waals surface area (Å²) in [6.45, 7) is 0. The van der Waals surface area contributed by atoms with Crippen molar-refractivity contribution in [1.29, 1.82) is 0 Å². The molecule has 0 bridgehead atoms. The molecule has 0 aliphatic heterocycles. The zero-order chi connectivity index (χ0) is 25.8. The molecule has 0 aliphatic rings. The lowest BCUT2D eigenvalue weighted by Gasteiger charge is -2.13. The number of anilines is 1. The summed E-state index contributed by atoms with van der Waals surface area (Å²) < 4.78 is 44.6. The van der Waals surface area contributed by atoms with E-state index in [0.29, 0.717) is 26.9 Å². The summed E-state index contributed by atoms with van der Waals surface area (Å²) in [5, 5.41) is 0.522. The van der Waals surface area contributed by atoms with E-state index in [1.807, 2.05) is 0 Å². The van der Waals surface area contributed by atoms with Crippen LogP contribution >= 0.6 is 22.9 Å². The lowest BCUT2D eigenvalue weighted by Crippen LogP contribution is -2.31. The highest BCUT2D eigenvalue weighted by Crippen LogP contribution is 2.33. The van der Waals surface area contributed by atoms with E-state index >= 15 is 0 Å². The maximum Gasteiger partial charge on any atom is 0.491 e. The summed E-state index contributed by atoms with van der Waals surface area (Å²) >= 11 is 7.05. The molecule has 0 saturated heterocycles. The first-order chi connectivity index (χ1) is 17.0. The Morgan fingerprint density at radius 2 is 1.81 bits per heavy atom. The smallest absolute Gasteiger partial charge is 0.385 e. The van der Waals surface area contributed by atoms with E-state index in [-0.39, 0.29) is 15.9 Å². The van der Waals surface area contributed by atoms with Gasteiger partial charge in [0.15, 0.2) is 0 Å². The molecule has 0 saturated carbocycles. The van der Waals surface area contributed by atoms with Gasteiger partial charge in [-0.1, -0.05) is 23.7 Å². The molecule has 0 fully saturated rings. The molecular weight excluding hydrogens is 519 g/mol. The van der Waals surface area contributed by atoms with Gasteiger partial charge in [-0.2, -0.15) is 18.2 Å². The molecule has 13 heteroatoms. The van der Waals surface area contributed by atoms with Crippen LogP contribution < -0.4 is 15.2 Å². The maximum atomic E-state index is 13.5. The molecule has 0 atom stereocenters. The lowest BCUT2D eigenvalue weighted by atomic mass is 10.2. The van der Waals surface area contributed by atoms with Crippen LogP contribution in [0.2, 0.25) is 5.02 Å². The first-order valence-electron chi connectivity index (χ1n) is 10.3. The lowest BCUT2D eigenvalue weighted by molar-refractivity contribution is -0.190. The second-order valence-electron chi connectivity index (χ2n) is 7.91. The Morgan fingerprint density at radius 3 is 2.47 bits per heavy atom. The summed E-state index contributed by atoms with van der Waals surface area (Å²) in [6.07, 6.45) is -5.28. The molecule has 0 aliphatic carbocycles. The summed E-state index contributed by atoms with van der Waals surface area (Å²) in [7, 11) is 3.56. The molecule has 0 amide bonds. The average molecular weight is 534 g/mol. The standard InChI is InChI=1S/C23H15ClF3N5O3S/c1-31(2)21-28-14-8-7-13(9-15(14)29-21)32-19(33)18-16(30-22(32)35-20(34)23(25,26)27)10-17(36-18)11-3-5-12(24)6-4-11/h3-10H,1-2H3,(H,28,29). The van der Waals surface area contributed by atoms with Gasteiger partial charge in [-0.3, -0.25) is 4.79 Å². The number of aromatic nitrogens is 4. The van der Waals surface area contributed by atoms with Crippen molar-refractivity contribution in [3.8, 4) is 22.1 Å². The van der Waals surface area contributed by atoms with E-state index in [2.05, 4.69) is 19.7 Å². The SMILES string of the molecule is CN(C)c1nc2ccc(-n3c(OC(=O)C(F)(F)F)nc4cc(-c5ccc(Cl)cc5)sc4c3=O)cc2[nH]1. The molecule has 5 rings (SSSR count). The first-order valence-corrected chi connectivity index (χ1v) is 11.5. The number of thiophene rings is 1. The van der Waals surface area contributed by atoms with Crippen molar-refractivity contribution in [1.82, 2.24) is 19.5 Å². The van der Waals surface area contributed by atoms with Crippen molar-refractivity contribution >= 4 is 56.1 Å². The van der Waals surface area contributed by atoms with E-state index in [1.165, 1.54) is 12.1 Å². The van der Waals surface area contributed by atoms with Crippen molar-refractivity contribution in [3.05, 3.63) is 63.9 Å². The average Bonchev–Trinajstić information content (AvgIpc) is 3.43. The van der Waals surface area contributed by atoms with Gasteiger partial charge in [-0.05, 0) is 42.0 Å². The predicted molar refractivity (Wildman–Crippen MR) is 131 cm³/mol. The number of esters is 1. The van der Waals surface area contributed by atoms with Crippen molar-refractivity contribution in [2.45, 2.75) is 6.18 Å². The third-order valence-corrected chi connectivity index (χ3v) is 6.61. The fraction of sp³-hybridized carbons (Fsp3) is 0.130. The molecule has 5 aromatic rings. The number of hydrogen-bond acceptors (Lipinski definition) is 7. The molecule has 0 unspecified atom stereocenters. The van der Waals surface area contributed by atoms with Gasteiger partial charge in [-0.25, -0.2) is 14.3 Å². The number of carbonyl (C=O) groups is 1. The van der Waals surface area contributed by atoms with Crippen LogP contribution in [0.3, 0.4) is 0 Å². The molecular formula is C23H15ClF3N5O3S. The number of nitrogens with one attached hydrogen (secondary N) is 1. The number of fused-ring (bicyclic) bond motifs is 2. The number of aromatic amines is 1. The van der Waals surface area contributed by atoms with Gasteiger partial charge in [-0.15, -0.1) is 11.3 Å². The normalized spacial score (nSPS) is 11.8. The van der Waals surface area contributed by atoms with Gasteiger partial charge in [0, 0.05) is 24.0 Å². The van der Waals surface area contributed by atoms with Crippen LogP contribution in [0, 0.1) is 0 Å². The largest absolute Gasteiger partial charge is 0.491 e. The predicted octanol–water partition coefficient (Wildman–Crippen LogP) is 5.18. The number of hydrogen-bond donors (Lipinski definition) is 1. The molecule has 184 valence electrons. The third-order valence-electron chi connectivity index (χ3n) is 5.20. The Balaban J connectivity index is 1.72. The zero-order valence-electron chi connectivity index (χ0n) is 18.6. The fourth-order valence-electron chi connectivity index (χ4n) is 3.49. The number of halogens is 4. The zero-order valence-corrected chi connectivity index (χ0v) is 20.1. The molecule has 2 aromatic carbocycles. The highest BCUT2D eigenvalue weighted by atomic mass is 35.5. The number of H-pyrrole nitrogens is 1. The van der Waals surface area contributed by atoms with Gasteiger partial charge in [0.25, 0.3) is 5.56 Å². The van der Waals surface area contributed by atoms with E-state index in [9.17, 15) is 22.8 Å². The molecule has 8 nitrogen and oxygen atoms in total. The monoisotopic (exact) mass is 533 g/mol. The van der Waals surface area contributed by atoms with Gasteiger partial charge < -0.3 is 14.6 Å². The summed E-state index contributed by atoms with van der Waals surface area (Å²) in [5.74, 6) is -1.95. The van der Waals surface area contributed by atoms with Crippen LogP contribution in [0.5, 0.6) is 6.01 Å². The minimum atomic E-state index is -5.28. The minimum Gasteiger partial charge on any atom is -0.385 e. The number of nitrogens with zero attached hydrogens (tertiary/aromatic N) is 4. The van der Waals surface area contributed by atoms with Gasteiger partial charge in [0.2, 0.25) is 5.95 Å². The highest BCUT2D eigenvalue weighted by Gasteiger charge is 2.42. The van der Waals surface area contributed by atoms with Gasteiger partial charge in [0.1, 0.15) is 4.70 Å². The van der Waals surface area contributed by atoms with E-state index < -0.39 is 23.7 Å². The topological polar surface area (TPSA) is 93.1 Å². The van der Waals surface area contributed by atoms with Crippen LogP contribution in [0.15, 0.2) is 53.3 Å². The summed E-state index contributed by atoms with van der Waals surface area (Å²) in [4.78, 5) is 39.2. The fourth-order valence-corrected chi connectivity index (χ4v) is 4.65. The summed E-state index contributed by atoms with van der Waals surface area (Å²) in [5.41, 5.74) is 1.36. The summed E-state index contributed by atoms with van der Waals surface area (Å²) in [6, 6.07) is 12.2. The number of benzene rings is 2. The van der Waals surface area contributed by atoms with Crippen molar-refractivity contribution in [2.24, 2.45) is 0 Å². The third kappa shape index (κ3) is 4.29. The van der Waals surface area contributed by atoms with Crippen LogP contribution in [0.4, 0.5) is 19.1 Å². The molecule has 0 radical (unpaired) electrons. The van der Waals surface area contributed by atoms with Crippen LogP contribution in [0.1, 0.15) is 0 Å². The number of carbonyl (C=O) groups excluding carboxylic acids is 1. The Labute approximate surface area is 209 Å². The second kappa shape index (κ2) is 8.64. The maximum absolute atomic E-state index is 13.5. The molecule has 3 heterocycles. The number of rotatable bonds is 4. The second-order valence-corrected chi connectivity index (χ2v) is 9.40. The van der Waals surface area contributed by atoms with E-state index in [4.69, 9.17) is 11.6 Å². The van der Waals surface area contributed by atoms with E-state index in [0.717, 1.165) is 21.5 Å². The minimum absolute atomic E-state index is 0.0914. The van der Waals surface area contributed by atoms with Gasteiger partial charge in [0.05, 0.1) is 22.2 Å². The number of ether oxygens (including phenoxy) is 1. The number of imidazole rings is 1. The van der Waals surface area contributed by atoms with Crippen LogP contribution in [-0.2, 0) is 4.79 Å². The van der Waals surface area contributed by atoms with Crippen molar-refractivity contribution in [2.75, 3.05) is 19.0 Å². The Hall–Kier alpha value is -3.90. The van der Waals surface area contributed by atoms with Crippen LogP contribution in [0.25, 0.3) is 37.4 Å². The quantitative estimate of drug-likeness (QED) is 0.320. The molecule has 1 N–H and O–H groups in total. The van der Waals surface area contributed by atoms with Crippen molar-refractivity contribution in [3.63, 3.8) is 0 Å². The van der Waals surface area contributed by atoms with E-state index in [1.54, 1.807) is 55.4 Å². The Morgan fingerprint density at radius 1 is 1.08 bits per heavy atom. The molecule has 0 spiro atoms. The van der Waals surface area contributed by atoms with Crippen LogP contribution in [-0.4, -0.2) is 45.8 Å². The number of alkyl halides is 3. The van der Waals surface area contributed by atoms with Crippen molar-refractivity contribution < 1.29 is 22.7 Å². The molecule has 3 aromatic heterocycles. The highest BCUT2D eigenvalue weighted by molar-refractivity contribution is 7.22. The Bertz CT molecular complexity index is 1690. The first kappa shape index (κ1) is 23.8. The molecule has 36 heavy (non-hydrogen) atoms. The van der Waals surface area contributed by atoms with Gasteiger partial charge >= 0.3 is 18.2 Å². The Kier molecular flexibility index (Phi) is 5.72.